The number of piperidine rings is 1. The fourth-order valence-electron chi connectivity index (χ4n) is 4.86. The van der Waals surface area contributed by atoms with E-state index in [2.05, 4.69) is 29.0 Å². The van der Waals surface area contributed by atoms with Crippen molar-refractivity contribution in [3.63, 3.8) is 0 Å². The minimum Gasteiger partial charge on any atom is -0.355 e. The van der Waals surface area contributed by atoms with Gasteiger partial charge in [0.25, 0.3) is 0 Å². The summed E-state index contributed by atoms with van der Waals surface area (Å²) in [6.07, 6.45) is 3.95. The number of halogens is 3. The molecule has 1 saturated heterocycles. The number of aryl methyl sites for hydroxylation is 1. The van der Waals surface area contributed by atoms with Crippen molar-refractivity contribution in [3.05, 3.63) is 95.3 Å². The van der Waals surface area contributed by atoms with Gasteiger partial charge in [0.1, 0.15) is 0 Å². The predicted octanol–water partition coefficient (Wildman–Crippen LogP) is 7.07. The van der Waals surface area contributed by atoms with Gasteiger partial charge in [-0.3, -0.25) is 9.78 Å². The molecular weight excluding hydrogens is 501 g/mol. The normalized spacial score (nSPS) is 15.2. The number of hydrogen-bond donors (Lipinski definition) is 1. The zero-order valence-electron chi connectivity index (χ0n) is 22.6. The summed E-state index contributed by atoms with van der Waals surface area (Å²) in [5, 5.41) is 3.43. The molecule has 0 atom stereocenters. The van der Waals surface area contributed by atoms with Gasteiger partial charge in [0.2, 0.25) is 5.91 Å². The van der Waals surface area contributed by atoms with Gasteiger partial charge in [-0.1, -0.05) is 24.3 Å². The Bertz CT molecular complexity index is 1280. The van der Waals surface area contributed by atoms with Gasteiger partial charge >= 0.3 is 6.18 Å². The lowest BCUT2D eigenvalue weighted by Gasteiger charge is -2.39. The summed E-state index contributed by atoms with van der Waals surface area (Å²) in [6, 6.07) is 15.3. The van der Waals surface area contributed by atoms with Crippen LogP contribution in [0.4, 0.5) is 24.5 Å². The fourth-order valence-corrected chi connectivity index (χ4v) is 4.86. The number of hydrogen-bond acceptors (Lipinski definition) is 4. The van der Waals surface area contributed by atoms with Gasteiger partial charge in [-0.05, 0) is 86.7 Å². The highest BCUT2D eigenvalue weighted by molar-refractivity contribution is 5.92. The molecular formula is C31H35F3N4O. The van der Waals surface area contributed by atoms with Crippen LogP contribution in [-0.2, 0) is 17.5 Å². The highest BCUT2D eigenvalue weighted by Gasteiger charge is 2.30. The van der Waals surface area contributed by atoms with Gasteiger partial charge in [0.15, 0.2) is 0 Å². The molecule has 8 heteroatoms. The SMILES string of the molecule is Cc1cnccc1Nc1cccc(CN(C(=O)/C=C/c2ccc(C(F)(F)F)cc2)C2CCN(C(C)C)CC2)c1. The van der Waals surface area contributed by atoms with Crippen LogP contribution in [0.2, 0.25) is 0 Å². The lowest BCUT2D eigenvalue weighted by molar-refractivity contribution is -0.137. The van der Waals surface area contributed by atoms with Crippen molar-refractivity contribution in [1.29, 1.82) is 0 Å². The number of amides is 1. The molecule has 2 aromatic carbocycles. The highest BCUT2D eigenvalue weighted by Crippen LogP contribution is 2.29. The quantitative estimate of drug-likeness (QED) is 0.313. The molecule has 4 rings (SSSR count). The Labute approximate surface area is 228 Å². The standard InChI is InChI=1S/C31H35F3N4O/c1-22(2)37-17-14-28(15-18-37)38(30(39)12-9-24-7-10-26(11-8-24)31(32,33)34)21-25-5-4-6-27(19-25)36-29-13-16-35-20-23(29)3/h4-13,16,19-20,22,28H,14-15,17-18,21H2,1-3H3,(H,35,36)/b12-9+. The lowest BCUT2D eigenvalue weighted by atomic mass is 10.0. The molecule has 0 spiro atoms. The van der Waals surface area contributed by atoms with Crippen LogP contribution < -0.4 is 5.32 Å². The smallest absolute Gasteiger partial charge is 0.355 e. The topological polar surface area (TPSA) is 48.5 Å². The number of carbonyl (C=O) groups excluding carboxylic acids is 1. The lowest BCUT2D eigenvalue weighted by Crippen LogP contribution is -2.48. The molecule has 5 nitrogen and oxygen atoms in total. The Morgan fingerprint density at radius 3 is 2.49 bits per heavy atom. The van der Waals surface area contributed by atoms with Gasteiger partial charge in [-0.2, -0.15) is 13.2 Å². The Kier molecular flexibility index (Phi) is 9.07. The van der Waals surface area contributed by atoms with E-state index in [0.717, 1.165) is 60.6 Å². The highest BCUT2D eigenvalue weighted by atomic mass is 19.4. The second kappa shape index (κ2) is 12.5. The summed E-state index contributed by atoms with van der Waals surface area (Å²) in [4.78, 5) is 22.0. The summed E-state index contributed by atoms with van der Waals surface area (Å²) in [7, 11) is 0. The summed E-state index contributed by atoms with van der Waals surface area (Å²) in [6.45, 7) is 8.62. The van der Waals surface area contributed by atoms with Gasteiger partial charge in [0.05, 0.1) is 5.56 Å². The number of rotatable bonds is 8. The number of nitrogens with one attached hydrogen (secondary N) is 1. The molecule has 1 aromatic heterocycles. The van der Waals surface area contributed by atoms with E-state index in [9.17, 15) is 18.0 Å². The number of pyridine rings is 1. The Morgan fingerprint density at radius 2 is 1.85 bits per heavy atom. The third kappa shape index (κ3) is 7.69. The molecule has 0 aliphatic carbocycles. The van der Waals surface area contributed by atoms with Crippen LogP contribution in [0.5, 0.6) is 0 Å². The first-order valence-electron chi connectivity index (χ1n) is 13.3. The first-order valence-corrected chi connectivity index (χ1v) is 13.3. The van der Waals surface area contributed by atoms with E-state index in [1.165, 1.54) is 18.2 Å². The van der Waals surface area contributed by atoms with Crippen LogP contribution in [-0.4, -0.2) is 45.9 Å². The molecule has 1 aliphatic rings. The van der Waals surface area contributed by atoms with E-state index in [4.69, 9.17) is 0 Å². The van der Waals surface area contributed by atoms with Gasteiger partial charge in [-0.15, -0.1) is 0 Å². The number of benzene rings is 2. The number of aromatic nitrogens is 1. The maximum absolute atomic E-state index is 13.5. The Morgan fingerprint density at radius 1 is 1.13 bits per heavy atom. The van der Waals surface area contributed by atoms with Crippen molar-refractivity contribution in [2.24, 2.45) is 0 Å². The zero-order chi connectivity index (χ0) is 28.0. The van der Waals surface area contributed by atoms with Crippen LogP contribution >= 0.6 is 0 Å². The Hall–Kier alpha value is -3.65. The third-order valence-electron chi connectivity index (χ3n) is 7.19. The molecule has 1 aliphatic heterocycles. The molecule has 39 heavy (non-hydrogen) atoms. The Balaban J connectivity index is 1.53. The molecule has 0 unspecified atom stereocenters. The van der Waals surface area contributed by atoms with Gasteiger partial charge < -0.3 is 15.1 Å². The third-order valence-corrected chi connectivity index (χ3v) is 7.19. The van der Waals surface area contributed by atoms with E-state index in [1.54, 1.807) is 18.5 Å². The monoisotopic (exact) mass is 536 g/mol. The summed E-state index contributed by atoms with van der Waals surface area (Å²) < 4.78 is 38.7. The van der Waals surface area contributed by atoms with Crippen molar-refractivity contribution in [3.8, 4) is 0 Å². The van der Waals surface area contributed by atoms with Crippen molar-refractivity contribution in [2.45, 2.75) is 58.4 Å². The summed E-state index contributed by atoms with van der Waals surface area (Å²) in [5.41, 5.74) is 3.75. The zero-order valence-corrected chi connectivity index (χ0v) is 22.6. The van der Waals surface area contributed by atoms with Crippen LogP contribution in [0.1, 0.15) is 48.9 Å². The number of likely N-dealkylation sites (tertiary alicyclic amines) is 1. The molecule has 0 radical (unpaired) electrons. The molecule has 1 fully saturated rings. The van der Waals surface area contributed by atoms with E-state index < -0.39 is 11.7 Å². The maximum atomic E-state index is 13.5. The molecule has 1 amide bonds. The van der Waals surface area contributed by atoms with Crippen LogP contribution in [0, 0.1) is 6.92 Å². The molecule has 1 N–H and O–H groups in total. The molecule has 206 valence electrons. The molecule has 3 aromatic rings. The number of anilines is 2. The molecule has 0 saturated carbocycles. The maximum Gasteiger partial charge on any atom is 0.416 e. The number of carbonyl (C=O) groups is 1. The van der Waals surface area contributed by atoms with E-state index in [0.29, 0.717) is 18.2 Å². The average molecular weight is 537 g/mol. The summed E-state index contributed by atoms with van der Waals surface area (Å²) in [5.74, 6) is -0.152. The van der Waals surface area contributed by atoms with Crippen molar-refractivity contribution < 1.29 is 18.0 Å². The van der Waals surface area contributed by atoms with E-state index in [1.807, 2.05) is 42.2 Å². The summed E-state index contributed by atoms with van der Waals surface area (Å²) >= 11 is 0. The van der Waals surface area contributed by atoms with Crippen LogP contribution in [0.15, 0.2) is 73.1 Å². The van der Waals surface area contributed by atoms with Crippen molar-refractivity contribution in [1.82, 2.24) is 14.8 Å². The van der Waals surface area contributed by atoms with Crippen LogP contribution in [0.25, 0.3) is 6.08 Å². The minimum absolute atomic E-state index is 0.0730. The average Bonchev–Trinajstić information content (AvgIpc) is 2.92. The molecule has 0 bridgehead atoms. The van der Waals surface area contributed by atoms with E-state index in [-0.39, 0.29) is 11.9 Å². The first kappa shape index (κ1) is 28.4. The molecule has 2 heterocycles. The first-order chi connectivity index (χ1) is 18.6. The fraction of sp³-hybridized carbons (Fsp3) is 0.355. The van der Waals surface area contributed by atoms with Gasteiger partial charge in [-0.25, -0.2) is 0 Å². The number of alkyl halides is 3. The second-order valence-corrected chi connectivity index (χ2v) is 10.3. The van der Waals surface area contributed by atoms with Crippen LogP contribution in [0.3, 0.4) is 0 Å². The van der Waals surface area contributed by atoms with Gasteiger partial charge in [0, 0.05) is 61.6 Å². The van der Waals surface area contributed by atoms with Crippen molar-refractivity contribution in [2.75, 3.05) is 18.4 Å². The van der Waals surface area contributed by atoms with E-state index >= 15 is 0 Å². The largest absolute Gasteiger partial charge is 0.416 e. The number of nitrogens with zero attached hydrogens (tertiary/aromatic N) is 3. The van der Waals surface area contributed by atoms with Crippen molar-refractivity contribution >= 4 is 23.4 Å². The predicted molar refractivity (Wildman–Crippen MR) is 149 cm³/mol. The minimum atomic E-state index is -4.39. The second-order valence-electron chi connectivity index (χ2n) is 10.3.